The molecule has 7 nitrogen and oxygen atoms in total. The highest BCUT2D eigenvalue weighted by Crippen LogP contribution is 2.27. The van der Waals surface area contributed by atoms with Crippen molar-refractivity contribution in [3.8, 4) is 17.0 Å². The predicted molar refractivity (Wildman–Crippen MR) is 141 cm³/mol. The molecule has 0 aliphatic carbocycles. The van der Waals surface area contributed by atoms with Crippen LogP contribution < -0.4 is 10.1 Å². The topological polar surface area (TPSA) is 81.9 Å². The van der Waals surface area contributed by atoms with E-state index in [4.69, 9.17) is 4.74 Å². The molecule has 10 heteroatoms. The van der Waals surface area contributed by atoms with Gasteiger partial charge in [0.15, 0.2) is 16.1 Å². The Kier molecular flexibility index (Phi) is 8.02. The Balaban J connectivity index is 1.33. The van der Waals surface area contributed by atoms with Crippen LogP contribution in [0, 0.1) is 13.8 Å². The molecule has 2 aromatic heterocycles. The van der Waals surface area contributed by atoms with Gasteiger partial charge in [0.25, 0.3) is 0 Å². The second-order valence-electron chi connectivity index (χ2n) is 7.58. The summed E-state index contributed by atoms with van der Waals surface area (Å²) in [5.74, 6) is 1.64. The van der Waals surface area contributed by atoms with Gasteiger partial charge in [-0.25, -0.2) is 4.98 Å². The summed E-state index contributed by atoms with van der Waals surface area (Å²) in [4.78, 5) is 17.0. The monoisotopic (exact) mass is 557 g/mol. The molecule has 4 aromatic rings. The Morgan fingerprint density at radius 3 is 2.74 bits per heavy atom. The van der Waals surface area contributed by atoms with Crippen molar-refractivity contribution in [3.63, 3.8) is 0 Å². The van der Waals surface area contributed by atoms with E-state index in [0.717, 1.165) is 38.4 Å². The van der Waals surface area contributed by atoms with E-state index in [1.54, 1.807) is 0 Å². The van der Waals surface area contributed by atoms with Crippen LogP contribution >= 0.6 is 39.0 Å². The molecule has 0 saturated heterocycles. The standard InChI is InChI=1S/C24H24BrN5O2S2/c1-4-30-21(12-32-20-11-15(2)5-6-16(20)3)28-29-24(30)34-14-22(31)27-23-26-19(13-33-23)17-7-9-18(25)10-8-17/h5-11,13H,4,12,14H2,1-3H3,(H,26,27,31). The van der Waals surface area contributed by atoms with Gasteiger partial charge in [-0.05, 0) is 50.1 Å². The van der Waals surface area contributed by atoms with E-state index in [1.165, 1.54) is 23.1 Å². The number of hydrogen-bond acceptors (Lipinski definition) is 7. The number of hydrogen-bond donors (Lipinski definition) is 1. The number of aryl methyl sites for hydroxylation is 2. The van der Waals surface area contributed by atoms with Crippen LogP contribution in [0.4, 0.5) is 5.13 Å². The highest BCUT2D eigenvalue weighted by atomic mass is 79.9. The van der Waals surface area contributed by atoms with Gasteiger partial charge in [-0.2, -0.15) is 0 Å². The minimum atomic E-state index is -0.138. The summed E-state index contributed by atoms with van der Waals surface area (Å²) in [6, 6.07) is 14.0. The molecule has 176 valence electrons. The molecule has 0 saturated carbocycles. The van der Waals surface area contributed by atoms with Crippen molar-refractivity contribution in [2.24, 2.45) is 0 Å². The zero-order chi connectivity index (χ0) is 24.1. The molecule has 2 heterocycles. The van der Waals surface area contributed by atoms with Crippen LogP contribution in [0.15, 0.2) is 57.5 Å². The number of ether oxygens (including phenoxy) is 1. The number of thiazole rings is 1. The summed E-state index contributed by atoms with van der Waals surface area (Å²) in [6.45, 7) is 7.08. The van der Waals surface area contributed by atoms with Gasteiger partial charge in [-0.3, -0.25) is 4.79 Å². The molecule has 2 aromatic carbocycles. The van der Waals surface area contributed by atoms with Crippen molar-refractivity contribution in [2.75, 3.05) is 11.1 Å². The van der Waals surface area contributed by atoms with Crippen molar-refractivity contribution < 1.29 is 9.53 Å². The van der Waals surface area contributed by atoms with Crippen molar-refractivity contribution in [2.45, 2.75) is 39.1 Å². The highest BCUT2D eigenvalue weighted by Gasteiger charge is 2.15. The van der Waals surface area contributed by atoms with Gasteiger partial charge < -0.3 is 14.6 Å². The predicted octanol–water partition coefficient (Wildman–Crippen LogP) is 6.11. The number of aromatic nitrogens is 4. The maximum Gasteiger partial charge on any atom is 0.236 e. The fourth-order valence-electron chi connectivity index (χ4n) is 3.23. The minimum Gasteiger partial charge on any atom is -0.485 e. The summed E-state index contributed by atoms with van der Waals surface area (Å²) in [5, 5.41) is 14.6. The third-order valence-corrected chi connectivity index (χ3v) is 7.29. The lowest BCUT2D eigenvalue weighted by Gasteiger charge is -2.11. The van der Waals surface area contributed by atoms with E-state index in [-0.39, 0.29) is 11.7 Å². The Morgan fingerprint density at radius 2 is 1.97 bits per heavy atom. The Bertz CT molecular complexity index is 1290. The molecule has 1 amide bonds. The number of carbonyl (C=O) groups is 1. The number of rotatable bonds is 9. The molecule has 4 rings (SSSR count). The lowest BCUT2D eigenvalue weighted by Crippen LogP contribution is -2.14. The van der Waals surface area contributed by atoms with Gasteiger partial charge in [-0.15, -0.1) is 21.5 Å². The van der Waals surface area contributed by atoms with Crippen molar-refractivity contribution in [3.05, 3.63) is 69.3 Å². The second-order valence-corrected chi connectivity index (χ2v) is 10.3. The van der Waals surface area contributed by atoms with E-state index in [9.17, 15) is 4.79 Å². The SMILES string of the molecule is CCn1c(COc2cc(C)ccc2C)nnc1SCC(=O)Nc1nc(-c2ccc(Br)cc2)cs1. The number of anilines is 1. The lowest BCUT2D eigenvalue weighted by atomic mass is 10.1. The first-order chi connectivity index (χ1) is 16.4. The number of nitrogens with one attached hydrogen (secondary N) is 1. The van der Waals surface area contributed by atoms with Gasteiger partial charge >= 0.3 is 0 Å². The summed E-state index contributed by atoms with van der Waals surface area (Å²) < 4.78 is 8.97. The first-order valence-electron chi connectivity index (χ1n) is 10.7. The lowest BCUT2D eigenvalue weighted by molar-refractivity contribution is -0.113. The molecule has 0 fully saturated rings. The maximum atomic E-state index is 12.5. The number of nitrogens with zero attached hydrogens (tertiary/aromatic N) is 4. The number of thioether (sulfide) groups is 1. The van der Waals surface area contributed by atoms with E-state index >= 15 is 0 Å². The van der Waals surface area contributed by atoms with Crippen molar-refractivity contribution >= 4 is 50.1 Å². The van der Waals surface area contributed by atoms with Gasteiger partial charge in [-0.1, -0.05) is 52.0 Å². The van der Waals surface area contributed by atoms with Crippen molar-refractivity contribution in [1.29, 1.82) is 0 Å². The van der Waals surface area contributed by atoms with Crippen LogP contribution in [0.1, 0.15) is 23.9 Å². The van der Waals surface area contributed by atoms with Crippen LogP contribution in [0.25, 0.3) is 11.3 Å². The zero-order valence-electron chi connectivity index (χ0n) is 19.0. The molecule has 0 unspecified atom stereocenters. The first-order valence-corrected chi connectivity index (χ1v) is 13.3. The van der Waals surface area contributed by atoms with Crippen molar-refractivity contribution in [1.82, 2.24) is 19.7 Å². The molecule has 0 spiro atoms. The van der Waals surface area contributed by atoms with Gasteiger partial charge in [0, 0.05) is 22.0 Å². The summed E-state index contributed by atoms with van der Waals surface area (Å²) in [6.07, 6.45) is 0. The fraction of sp³-hybridized carbons (Fsp3) is 0.250. The number of carbonyl (C=O) groups excluding carboxylic acids is 1. The van der Waals surface area contributed by atoms with Crippen LogP contribution in [0.2, 0.25) is 0 Å². The summed E-state index contributed by atoms with van der Waals surface area (Å²) in [7, 11) is 0. The number of benzene rings is 2. The van der Waals surface area contributed by atoms with Gasteiger partial charge in [0.05, 0.1) is 11.4 Å². The molecular weight excluding hydrogens is 534 g/mol. The Hall–Kier alpha value is -2.69. The van der Waals surface area contributed by atoms with E-state index < -0.39 is 0 Å². The highest BCUT2D eigenvalue weighted by molar-refractivity contribution is 9.10. The summed E-state index contributed by atoms with van der Waals surface area (Å²) >= 11 is 6.18. The Morgan fingerprint density at radius 1 is 1.18 bits per heavy atom. The molecular formula is C24H24BrN5O2S2. The molecule has 1 N–H and O–H groups in total. The number of halogens is 1. The summed E-state index contributed by atoms with van der Waals surface area (Å²) in [5.41, 5.74) is 4.05. The fourth-order valence-corrected chi connectivity index (χ4v) is 5.05. The molecule has 0 atom stereocenters. The average molecular weight is 559 g/mol. The number of amides is 1. The van der Waals surface area contributed by atoms with Crippen LogP contribution in [0.5, 0.6) is 5.75 Å². The van der Waals surface area contributed by atoms with Gasteiger partial charge in [0.2, 0.25) is 5.91 Å². The van der Waals surface area contributed by atoms with Crippen LogP contribution in [0.3, 0.4) is 0 Å². The minimum absolute atomic E-state index is 0.138. The largest absolute Gasteiger partial charge is 0.485 e. The molecule has 0 radical (unpaired) electrons. The molecule has 34 heavy (non-hydrogen) atoms. The molecule has 0 aliphatic heterocycles. The third kappa shape index (κ3) is 6.05. The van der Waals surface area contributed by atoms with E-state index in [2.05, 4.69) is 42.5 Å². The smallest absolute Gasteiger partial charge is 0.236 e. The van der Waals surface area contributed by atoms with Crippen LogP contribution in [-0.2, 0) is 17.9 Å². The second kappa shape index (κ2) is 11.2. The zero-order valence-corrected chi connectivity index (χ0v) is 22.3. The molecule has 0 bridgehead atoms. The quantitative estimate of drug-likeness (QED) is 0.250. The third-order valence-electron chi connectivity index (χ3n) is 5.03. The van der Waals surface area contributed by atoms with E-state index in [0.29, 0.717) is 23.4 Å². The first kappa shape index (κ1) is 24.4. The molecule has 0 aliphatic rings. The maximum absolute atomic E-state index is 12.5. The Labute approximate surface area is 215 Å². The van der Waals surface area contributed by atoms with E-state index in [1.807, 2.05) is 67.1 Å². The van der Waals surface area contributed by atoms with Gasteiger partial charge in [0.1, 0.15) is 12.4 Å². The van der Waals surface area contributed by atoms with Crippen LogP contribution in [-0.4, -0.2) is 31.4 Å². The normalized spacial score (nSPS) is 10.9. The average Bonchev–Trinajstić information content (AvgIpc) is 3.45.